The lowest BCUT2D eigenvalue weighted by molar-refractivity contribution is -0.117. The fourth-order valence-corrected chi connectivity index (χ4v) is 4.65. The molecule has 1 atom stereocenters. The summed E-state index contributed by atoms with van der Waals surface area (Å²) in [6.07, 6.45) is 11.8. The van der Waals surface area contributed by atoms with Crippen molar-refractivity contribution >= 4 is 23.9 Å². The van der Waals surface area contributed by atoms with Crippen molar-refractivity contribution < 1.29 is 4.79 Å². The van der Waals surface area contributed by atoms with Crippen molar-refractivity contribution in [2.45, 2.75) is 19.3 Å². The van der Waals surface area contributed by atoms with Crippen LogP contribution in [0.1, 0.15) is 41.5 Å². The molecule has 2 aliphatic rings. The van der Waals surface area contributed by atoms with Gasteiger partial charge in [0.15, 0.2) is 11.7 Å². The number of Topliss-reactive ketones (excluding diaryl/α,β-unsaturated/α-hetero) is 1. The normalized spacial score (nSPS) is 22.8. The highest BCUT2D eigenvalue weighted by atomic mass is 16.1. The zero-order chi connectivity index (χ0) is 22.7. The monoisotopic (exact) mass is 420 g/mol. The third kappa shape index (κ3) is 3.82. The molecule has 5 heteroatoms. The molecule has 1 heterocycles. The number of nitrogens with two attached hydrogens (primary N) is 1. The Hall–Kier alpha value is -4.09. The third-order valence-corrected chi connectivity index (χ3v) is 6.44. The summed E-state index contributed by atoms with van der Waals surface area (Å²) >= 11 is 0. The third-order valence-electron chi connectivity index (χ3n) is 6.44. The van der Waals surface area contributed by atoms with Crippen LogP contribution in [-0.4, -0.2) is 29.7 Å². The maximum Gasteiger partial charge on any atom is 0.188 e. The summed E-state index contributed by atoms with van der Waals surface area (Å²) in [5.41, 5.74) is 10.2. The van der Waals surface area contributed by atoms with E-state index in [1.165, 1.54) is 0 Å². The van der Waals surface area contributed by atoms with Gasteiger partial charge in [-0.05, 0) is 66.8 Å². The van der Waals surface area contributed by atoms with Crippen LogP contribution in [0.3, 0.4) is 0 Å². The van der Waals surface area contributed by atoms with Crippen LogP contribution in [-0.2, 0) is 4.79 Å². The molecule has 1 aliphatic carbocycles. The largest absolute Gasteiger partial charge is 0.370 e. The minimum absolute atomic E-state index is 0.0478. The second-order valence-corrected chi connectivity index (χ2v) is 8.25. The number of carbonyl (C=O) groups excluding carboxylic acids is 1. The number of likely N-dealkylation sites (tertiary alicyclic amines) is 1. The van der Waals surface area contributed by atoms with E-state index in [-0.39, 0.29) is 17.2 Å². The van der Waals surface area contributed by atoms with Crippen LogP contribution in [0, 0.1) is 34.5 Å². The molecule has 158 valence electrons. The summed E-state index contributed by atoms with van der Waals surface area (Å²) in [7, 11) is 0. The average Bonchev–Trinajstić information content (AvgIpc) is 3.06. The van der Waals surface area contributed by atoms with Gasteiger partial charge in [-0.3, -0.25) is 10.2 Å². The molecule has 1 saturated heterocycles. The molecule has 0 bridgehead atoms. The van der Waals surface area contributed by atoms with E-state index in [0.717, 1.165) is 40.7 Å². The molecular formula is C27H24N4O. The lowest BCUT2D eigenvalue weighted by atomic mass is 9.55. The Labute approximate surface area is 188 Å². The van der Waals surface area contributed by atoms with E-state index in [1.54, 1.807) is 12.1 Å². The van der Waals surface area contributed by atoms with Gasteiger partial charge in [0, 0.05) is 35.2 Å². The highest BCUT2D eigenvalue weighted by Crippen LogP contribution is 2.56. The fraction of sp³-hybridized carbons (Fsp3) is 0.222. The Kier molecular flexibility index (Phi) is 5.67. The van der Waals surface area contributed by atoms with Crippen LogP contribution in [0.15, 0.2) is 59.7 Å². The molecule has 2 aromatic rings. The van der Waals surface area contributed by atoms with E-state index < -0.39 is 0 Å². The van der Waals surface area contributed by atoms with E-state index >= 15 is 0 Å². The Morgan fingerprint density at radius 1 is 1.00 bits per heavy atom. The van der Waals surface area contributed by atoms with Gasteiger partial charge in [-0.1, -0.05) is 30.2 Å². The maximum absolute atomic E-state index is 13.3. The van der Waals surface area contributed by atoms with E-state index in [9.17, 15) is 4.79 Å². The molecule has 1 spiro atoms. The molecule has 32 heavy (non-hydrogen) atoms. The van der Waals surface area contributed by atoms with Gasteiger partial charge in [-0.15, -0.1) is 6.42 Å². The summed E-state index contributed by atoms with van der Waals surface area (Å²) in [5.74, 6) is 2.73. The molecule has 1 aliphatic heterocycles. The highest BCUT2D eigenvalue weighted by Gasteiger charge is 2.53. The fourth-order valence-electron chi connectivity index (χ4n) is 4.65. The molecule has 1 saturated carbocycles. The van der Waals surface area contributed by atoms with Gasteiger partial charge in [0.05, 0.1) is 11.6 Å². The topological polar surface area (TPSA) is 94.0 Å². The van der Waals surface area contributed by atoms with Gasteiger partial charge in [0.1, 0.15) is 0 Å². The number of hydrogen-bond acceptors (Lipinski definition) is 3. The van der Waals surface area contributed by atoms with Crippen LogP contribution in [0.25, 0.3) is 12.2 Å². The van der Waals surface area contributed by atoms with Crippen molar-refractivity contribution in [3.63, 3.8) is 0 Å². The standard InChI is InChI=1S/C27H24N4O/c1-2-19-4-6-20(7-5-19)16-23-25(32)24(17-21-8-10-22(18-28)11-9-21)27(23)12-3-14-31(15-13-27)26(29)30/h1,4-11,16-17H,3,12-15H2,(H3,29,30)/b23-16-,24-17-. The molecule has 2 fully saturated rings. The van der Waals surface area contributed by atoms with Crippen molar-refractivity contribution in [3.05, 3.63) is 81.9 Å². The zero-order valence-electron chi connectivity index (χ0n) is 17.8. The van der Waals surface area contributed by atoms with E-state index in [1.807, 2.05) is 53.5 Å². The number of carbonyl (C=O) groups is 1. The molecule has 4 rings (SSSR count). The molecule has 0 aromatic heterocycles. The highest BCUT2D eigenvalue weighted by molar-refractivity contribution is 6.23. The van der Waals surface area contributed by atoms with Crippen LogP contribution in [0.4, 0.5) is 0 Å². The first-order valence-corrected chi connectivity index (χ1v) is 10.6. The predicted molar refractivity (Wildman–Crippen MR) is 126 cm³/mol. The van der Waals surface area contributed by atoms with Gasteiger partial charge in [0.2, 0.25) is 0 Å². The Balaban J connectivity index is 1.74. The first-order chi connectivity index (χ1) is 15.5. The Morgan fingerprint density at radius 3 is 2.06 bits per heavy atom. The minimum Gasteiger partial charge on any atom is -0.370 e. The van der Waals surface area contributed by atoms with Gasteiger partial charge < -0.3 is 10.6 Å². The SMILES string of the molecule is C#Cc1ccc(/C=C2/C(=O)/C(=C/c3ccc(C#N)cc3)C23CCCN(C(=N)N)CC3)cc1. The molecule has 1 unspecified atom stereocenters. The second kappa shape index (κ2) is 8.57. The van der Waals surface area contributed by atoms with Gasteiger partial charge in [0.25, 0.3) is 0 Å². The lowest BCUT2D eigenvalue weighted by Gasteiger charge is -2.46. The van der Waals surface area contributed by atoms with E-state index in [0.29, 0.717) is 25.1 Å². The number of hydrogen-bond donors (Lipinski definition) is 2. The number of allylic oxidation sites excluding steroid dienone is 2. The first-order valence-electron chi connectivity index (χ1n) is 10.6. The summed E-state index contributed by atoms with van der Waals surface area (Å²) in [6, 6.07) is 17.0. The number of guanidine groups is 1. The molecular weight excluding hydrogens is 396 g/mol. The van der Waals surface area contributed by atoms with Crippen molar-refractivity contribution in [3.8, 4) is 18.4 Å². The predicted octanol–water partition coefficient (Wildman–Crippen LogP) is 3.96. The van der Waals surface area contributed by atoms with Crippen LogP contribution < -0.4 is 5.73 Å². The molecule has 5 nitrogen and oxygen atoms in total. The summed E-state index contributed by atoms with van der Waals surface area (Å²) < 4.78 is 0. The number of nitrogens with one attached hydrogen (secondary N) is 1. The number of rotatable bonds is 2. The Morgan fingerprint density at radius 2 is 1.56 bits per heavy atom. The molecule has 0 radical (unpaired) electrons. The Bertz CT molecular complexity index is 1130. The van der Waals surface area contributed by atoms with E-state index in [2.05, 4.69) is 12.0 Å². The smallest absolute Gasteiger partial charge is 0.188 e. The van der Waals surface area contributed by atoms with Crippen molar-refractivity contribution in [2.24, 2.45) is 11.1 Å². The number of terminal acetylenes is 1. The lowest BCUT2D eigenvalue weighted by Crippen LogP contribution is -2.45. The number of nitrogens with zero attached hydrogens (tertiary/aromatic N) is 2. The van der Waals surface area contributed by atoms with Crippen LogP contribution in [0.2, 0.25) is 0 Å². The van der Waals surface area contributed by atoms with Gasteiger partial charge in [-0.2, -0.15) is 5.26 Å². The summed E-state index contributed by atoms with van der Waals surface area (Å²) in [6.45, 7) is 1.33. The molecule has 2 aromatic carbocycles. The van der Waals surface area contributed by atoms with Crippen molar-refractivity contribution in [2.75, 3.05) is 13.1 Å². The van der Waals surface area contributed by atoms with Gasteiger partial charge >= 0.3 is 0 Å². The van der Waals surface area contributed by atoms with Crippen molar-refractivity contribution in [1.29, 1.82) is 10.7 Å². The zero-order valence-corrected chi connectivity index (χ0v) is 17.8. The number of benzene rings is 2. The quantitative estimate of drug-likeness (QED) is 0.333. The minimum atomic E-state index is -0.375. The summed E-state index contributed by atoms with van der Waals surface area (Å²) in [4.78, 5) is 15.2. The van der Waals surface area contributed by atoms with E-state index in [4.69, 9.17) is 22.8 Å². The van der Waals surface area contributed by atoms with Crippen LogP contribution >= 0.6 is 0 Å². The molecule has 3 N–H and O–H groups in total. The second-order valence-electron chi connectivity index (χ2n) is 8.25. The number of ketones is 1. The number of nitriles is 1. The van der Waals surface area contributed by atoms with Crippen LogP contribution in [0.5, 0.6) is 0 Å². The van der Waals surface area contributed by atoms with Gasteiger partial charge in [-0.25, -0.2) is 0 Å². The first kappa shape index (κ1) is 21.2. The summed E-state index contributed by atoms with van der Waals surface area (Å²) in [5, 5.41) is 16.9. The molecule has 0 amide bonds. The maximum atomic E-state index is 13.3. The van der Waals surface area contributed by atoms with Crippen molar-refractivity contribution in [1.82, 2.24) is 4.90 Å². The average molecular weight is 421 g/mol.